The Bertz CT molecular complexity index is 487. The van der Waals surface area contributed by atoms with Crippen LogP contribution in [0.3, 0.4) is 0 Å². The van der Waals surface area contributed by atoms with Gasteiger partial charge in [0.2, 0.25) is 0 Å². The molecule has 0 radical (unpaired) electrons. The first-order valence-electron chi connectivity index (χ1n) is 7.03. The van der Waals surface area contributed by atoms with Crippen molar-refractivity contribution in [3.8, 4) is 0 Å². The van der Waals surface area contributed by atoms with E-state index in [4.69, 9.17) is 4.74 Å². The lowest BCUT2D eigenvalue weighted by Crippen LogP contribution is -2.39. The van der Waals surface area contributed by atoms with Gasteiger partial charge in [-0.2, -0.15) is 0 Å². The highest BCUT2D eigenvalue weighted by molar-refractivity contribution is 5.95. The fourth-order valence-electron chi connectivity index (χ4n) is 2.79. The van der Waals surface area contributed by atoms with E-state index in [1.54, 1.807) is 0 Å². The third kappa shape index (κ3) is 2.59. The summed E-state index contributed by atoms with van der Waals surface area (Å²) in [5, 5.41) is 6.42. The predicted molar refractivity (Wildman–Crippen MR) is 74.5 cm³/mol. The second kappa shape index (κ2) is 5.21. The lowest BCUT2D eigenvalue weighted by Gasteiger charge is -2.20. The van der Waals surface area contributed by atoms with Gasteiger partial charge >= 0.3 is 0 Å². The van der Waals surface area contributed by atoms with Crippen LogP contribution in [0.4, 0.5) is 5.69 Å². The minimum absolute atomic E-state index is 0.00993. The molecule has 0 aromatic heterocycles. The van der Waals surface area contributed by atoms with E-state index in [0.29, 0.717) is 0 Å². The Morgan fingerprint density at radius 1 is 1.47 bits per heavy atom. The predicted octanol–water partition coefficient (Wildman–Crippen LogP) is 1.95. The number of benzene rings is 1. The molecule has 0 bridgehead atoms. The molecule has 1 fully saturated rings. The molecule has 1 amide bonds. The van der Waals surface area contributed by atoms with Crippen molar-refractivity contribution >= 4 is 11.6 Å². The molecule has 2 N–H and O–H groups in total. The summed E-state index contributed by atoms with van der Waals surface area (Å²) in [7, 11) is 0. The molecule has 2 heterocycles. The molecule has 0 aliphatic carbocycles. The maximum absolute atomic E-state index is 12.2. The average molecular weight is 260 g/mol. The largest absolute Gasteiger partial charge is 0.385 e. The zero-order chi connectivity index (χ0) is 13.2. The van der Waals surface area contributed by atoms with Gasteiger partial charge in [-0.1, -0.05) is 0 Å². The molecule has 2 aliphatic heterocycles. The number of carbonyl (C=O) groups excluding carboxylic acids is 1. The van der Waals surface area contributed by atoms with E-state index in [2.05, 4.69) is 10.6 Å². The summed E-state index contributed by atoms with van der Waals surface area (Å²) in [6.45, 7) is 3.77. The van der Waals surface area contributed by atoms with Gasteiger partial charge in [-0.25, -0.2) is 0 Å². The Morgan fingerprint density at radius 2 is 2.37 bits per heavy atom. The first-order valence-corrected chi connectivity index (χ1v) is 7.03. The standard InChI is InChI=1S/C15H20N2O2/c1-10-13(6-8-19-10)17-15(18)12-4-5-14-11(9-12)3-2-7-16-14/h4-5,9-10,13,16H,2-3,6-8H2,1H3,(H,17,18). The van der Waals surface area contributed by atoms with Crippen molar-refractivity contribution in [1.82, 2.24) is 5.32 Å². The highest BCUT2D eigenvalue weighted by Crippen LogP contribution is 2.23. The molecule has 4 nitrogen and oxygen atoms in total. The van der Waals surface area contributed by atoms with Crippen molar-refractivity contribution in [1.29, 1.82) is 0 Å². The van der Waals surface area contributed by atoms with E-state index < -0.39 is 0 Å². The van der Waals surface area contributed by atoms with E-state index in [-0.39, 0.29) is 18.1 Å². The number of aryl methyl sites for hydroxylation is 1. The number of anilines is 1. The van der Waals surface area contributed by atoms with Crippen molar-refractivity contribution in [2.24, 2.45) is 0 Å². The maximum atomic E-state index is 12.2. The fraction of sp³-hybridized carbons (Fsp3) is 0.533. The molecule has 3 rings (SSSR count). The van der Waals surface area contributed by atoms with Crippen molar-refractivity contribution < 1.29 is 9.53 Å². The normalized spacial score (nSPS) is 25.5. The fourth-order valence-corrected chi connectivity index (χ4v) is 2.79. The molecule has 2 unspecified atom stereocenters. The van der Waals surface area contributed by atoms with Crippen LogP contribution in [0.25, 0.3) is 0 Å². The second-order valence-corrected chi connectivity index (χ2v) is 5.35. The van der Waals surface area contributed by atoms with E-state index >= 15 is 0 Å². The van der Waals surface area contributed by atoms with E-state index in [1.165, 1.54) is 11.3 Å². The number of hydrogen-bond acceptors (Lipinski definition) is 3. The second-order valence-electron chi connectivity index (χ2n) is 5.35. The van der Waals surface area contributed by atoms with Crippen LogP contribution in [0.5, 0.6) is 0 Å². The van der Waals surface area contributed by atoms with Crippen LogP contribution in [0.1, 0.15) is 35.7 Å². The highest BCUT2D eigenvalue weighted by Gasteiger charge is 2.26. The first-order chi connectivity index (χ1) is 9.24. The highest BCUT2D eigenvalue weighted by atomic mass is 16.5. The molecule has 4 heteroatoms. The number of fused-ring (bicyclic) bond motifs is 1. The van der Waals surface area contributed by atoms with Gasteiger partial charge in [0, 0.05) is 24.4 Å². The summed E-state index contributed by atoms with van der Waals surface area (Å²) >= 11 is 0. The van der Waals surface area contributed by atoms with Crippen LogP contribution in [0, 0.1) is 0 Å². The number of carbonyl (C=O) groups is 1. The molecule has 102 valence electrons. The molecule has 0 spiro atoms. The summed E-state index contributed by atoms with van der Waals surface area (Å²) in [6.07, 6.45) is 3.19. The van der Waals surface area contributed by atoms with Gasteiger partial charge in [0.05, 0.1) is 12.1 Å². The van der Waals surface area contributed by atoms with Crippen LogP contribution in [0.2, 0.25) is 0 Å². The van der Waals surface area contributed by atoms with Gasteiger partial charge < -0.3 is 15.4 Å². The smallest absolute Gasteiger partial charge is 0.251 e. The SMILES string of the molecule is CC1OCCC1NC(=O)c1ccc2c(c1)CCCN2. The molecule has 2 aliphatic rings. The van der Waals surface area contributed by atoms with Crippen LogP contribution in [-0.4, -0.2) is 31.2 Å². The Balaban J connectivity index is 1.72. The number of hydrogen-bond donors (Lipinski definition) is 2. The lowest BCUT2D eigenvalue weighted by molar-refractivity contribution is 0.0866. The number of ether oxygens (including phenoxy) is 1. The van der Waals surface area contributed by atoms with Crippen molar-refractivity contribution in [3.63, 3.8) is 0 Å². The molecular formula is C15H20N2O2. The first kappa shape index (κ1) is 12.5. The number of nitrogens with one attached hydrogen (secondary N) is 2. The summed E-state index contributed by atoms with van der Waals surface area (Å²) in [4.78, 5) is 12.2. The Labute approximate surface area is 113 Å². The summed E-state index contributed by atoms with van der Waals surface area (Å²) in [5.74, 6) is 0.00993. The van der Waals surface area contributed by atoms with Gasteiger partial charge in [-0.15, -0.1) is 0 Å². The van der Waals surface area contributed by atoms with E-state index in [1.807, 2.05) is 25.1 Å². The summed E-state index contributed by atoms with van der Waals surface area (Å²) < 4.78 is 5.47. The van der Waals surface area contributed by atoms with E-state index in [9.17, 15) is 4.79 Å². The zero-order valence-corrected chi connectivity index (χ0v) is 11.2. The molecule has 1 aromatic rings. The third-order valence-corrected chi connectivity index (χ3v) is 4.00. The molecule has 2 atom stereocenters. The average Bonchev–Trinajstić information content (AvgIpc) is 2.84. The van der Waals surface area contributed by atoms with Crippen LogP contribution >= 0.6 is 0 Å². The lowest BCUT2D eigenvalue weighted by atomic mass is 10.0. The third-order valence-electron chi connectivity index (χ3n) is 4.00. The monoisotopic (exact) mass is 260 g/mol. The Kier molecular flexibility index (Phi) is 3.42. The quantitative estimate of drug-likeness (QED) is 0.854. The summed E-state index contributed by atoms with van der Waals surface area (Å²) in [6, 6.07) is 6.06. The summed E-state index contributed by atoms with van der Waals surface area (Å²) in [5.41, 5.74) is 3.16. The molecule has 1 aromatic carbocycles. The Morgan fingerprint density at radius 3 is 3.16 bits per heavy atom. The van der Waals surface area contributed by atoms with Gasteiger partial charge in [0.15, 0.2) is 0 Å². The number of rotatable bonds is 2. The number of amides is 1. The van der Waals surface area contributed by atoms with Crippen LogP contribution < -0.4 is 10.6 Å². The van der Waals surface area contributed by atoms with Gasteiger partial charge in [0.25, 0.3) is 5.91 Å². The zero-order valence-electron chi connectivity index (χ0n) is 11.2. The van der Waals surface area contributed by atoms with Gasteiger partial charge in [-0.05, 0) is 49.9 Å². The van der Waals surface area contributed by atoms with Crippen molar-refractivity contribution in [2.45, 2.75) is 38.3 Å². The minimum Gasteiger partial charge on any atom is -0.385 e. The van der Waals surface area contributed by atoms with Crippen molar-refractivity contribution in [2.75, 3.05) is 18.5 Å². The van der Waals surface area contributed by atoms with E-state index in [0.717, 1.165) is 38.0 Å². The maximum Gasteiger partial charge on any atom is 0.251 e. The molecule has 19 heavy (non-hydrogen) atoms. The minimum atomic E-state index is 0.00993. The van der Waals surface area contributed by atoms with Crippen LogP contribution in [0.15, 0.2) is 18.2 Å². The molecular weight excluding hydrogens is 240 g/mol. The van der Waals surface area contributed by atoms with Gasteiger partial charge in [-0.3, -0.25) is 4.79 Å². The van der Waals surface area contributed by atoms with Crippen LogP contribution in [-0.2, 0) is 11.2 Å². The topological polar surface area (TPSA) is 50.4 Å². The molecule has 1 saturated heterocycles. The molecule has 0 saturated carbocycles. The van der Waals surface area contributed by atoms with Gasteiger partial charge in [0.1, 0.15) is 0 Å². The Hall–Kier alpha value is -1.55. The van der Waals surface area contributed by atoms with Crippen molar-refractivity contribution in [3.05, 3.63) is 29.3 Å².